The van der Waals surface area contributed by atoms with Gasteiger partial charge < -0.3 is 19.4 Å². The molecular weight excluding hydrogens is 400 g/mol. The van der Waals surface area contributed by atoms with Crippen molar-refractivity contribution in [2.75, 3.05) is 31.2 Å². The molecule has 2 aromatic heterocycles. The third-order valence-electron chi connectivity index (χ3n) is 4.47. The number of carbonyl (C=O) groups excluding carboxylic acids is 1. The van der Waals surface area contributed by atoms with Crippen molar-refractivity contribution < 1.29 is 19.2 Å². The van der Waals surface area contributed by atoms with Gasteiger partial charge in [-0.15, -0.1) is 11.3 Å². The van der Waals surface area contributed by atoms with Crippen molar-refractivity contribution in [1.29, 1.82) is 0 Å². The van der Waals surface area contributed by atoms with Crippen LogP contribution in [0.3, 0.4) is 0 Å². The maximum absolute atomic E-state index is 12.7. The fourth-order valence-electron chi connectivity index (χ4n) is 3.08. The Hall–Kier alpha value is -3.31. The molecule has 1 N–H and O–H groups in total. The van der Waals surface area contributed by atoms with Crippen LogP contribution in [0.4, 0.5) is 11.4 Å². The number of thiophene rings is 1. The van der Waals surface area contributed by atoms with Gasteiger partial charge in [0.15, 0.2) is 0 Å². The van der Waals surface area contributed by atoms with Gasteiger partial charge in [0.1, 0.15) is 17.1 Å². The van der Waals surface area contributed by atoms with Crippen molar-refractivity contribution in [2.45, 2.75) is 6.61 Å². The number of non-ortho nitro benzene ring substituents is 1. The van der Waals surface area contributed by atoms with Crippen molar-refractivity contribution in [1.82, 2.24) is 9.97 Å². The van der Waals surface area contributed by atoms with E-state index in [9.17, 15) is 19.7 Å². The highest BCUT2D eigenvalue weighted by Gasteiger charge is 2.23. The fourth-order valence-corrected chi connectivity index (χ4v) is 3.81. The lowest BCUT2D eigenvalue weighted by Crippen LogP contribution is -2.37. The molecule has 11 heteroatoms. The van der Waals surface area contributed by atoms with Gasteiger partial charge in [-0.25, -0.2) is 9.78 Å². The Bertz CT molecular complexity index is 1130. The highest BCUT2D eigenvalue weighted by atomic mass is 32.1. The summed E-state index contributed by atoms with van der Waals surface area (Å²) in [6, 6.07) is 5.80. The Morgan fingerprint density at radius 1 is 1.34 bits per heavy atom. The minimum absolute atomic E-state index is 0.0834. The standard InChI is InChI=1S/C18H16N4O6S/c23-17-16-13(3-8-29-16)19-15(20-17)10-28-18(24)12-9-11(22(25)26)1-2-14(12)21-4-6-27-7-5-21/h1-3,8-9H,4-7,10H2,(H,19,20,23). The van der Waals surface area contributed by atoms with Gasteiger partial charge in [0, 0.05) is 25.2 Å². The minimum Gasteiger partial charge on any atom is -0.454 e. The van der Waals surface area contributed by atoms with Gasteiger partial charge in [0.2, 0.25) is 0 Å². The molecule has 1 aromatic carbocycles. The highest BCUT2D eigenvalue weighted by molar-refractivity contribution is 7.17. The molecule has 0 aliphatic carbocycles. The van der Waals surface area contributed by atoms with Crippen molar-refractivity contribution in [3.05, 3.63) is 61.5 Å². The predicted molar refractivity (Wildman–Crippen MR) is 105 cm³/mol. The summed E-state index contributed by atoms with van der Waals surface area (Å²) in [4.78, 5) is 44.1. The topological polar surface area (TPSA) is 128 Å². The van der Waals surface area contributed by atoms with E-state index in [0.717, 1.165) is 0 Å². The lowest BCUT2D eigenvalue weighted by atomic mass is 10.1. The largest absolute Gasteiger partial charge is 0.454 e. The molecule has 0 saturated carbocycles. The van der Waals surface area contributed by atoms with E-state index in [1.54, 1.807) is 11.4 Å². The first-order chi connectivity index (χ1) is 14.0. The Labute approximate surface area is 167 Å². The number of ether oxygens (including phenoxy) is 2. The van der Waals surface area contributed by atoms with E-state index in [2.05, 4.69) is 9.97 Å². The Morgan fingerprint density at radius 3 is 2.90 bits per heavy atom. The number of H-pyrrole nitrogens is 1. The van der Waals surface area contributed by atoms with Crippen LogP contribution in [0.25, 0.3) is 10.2 Å². The number of morpholine rings is 1. The van der Waals surface area contributed by atoms with E-state index >= 15 is 0 Å². The van der Waals surface area contributed by atoms with Crippen LogP contribution in [-0.2, 0) is 16.1 Å². The van der Waals surface area contributed by atoms with Gasteiger partial charge in [0.25, 0.3) is 11.2 Å². The van der Waals surface area contributed by atoms with Crippen LogP contribution in [0.1, 0.15) is 16.2 Å². The van der Waals surface area contributed by atoms with Crippen LogP contribution in [0.5, 0.6) is 0 Å². The molecule has 0 radical (unpaired) electrons. The zero-order valence-corrected chi connectivity index (χ0v) is 15.9. The van der Waals surface area contributed by atoms with E-state index in [-0.39, 0.29) is 29.2 Å². The molecule has 29 heavy (non-hydrogen) atoms. The predicted octanol–water partition coefficient (Wildman–Crippen LogP) is 2.09. The van der Waals surface area contributed by atoms with Crippen molar-refractivity contribution in [3.63, 3.8) is 0 Å². The SMILES string of the molecule is O=C(OCc1nc2ccsc2c(=O)[nH]1)c1cc([N+](=O)[O-])ccc1N1CCOCC1. The zero-order chi connectivity index (χ0) is 20.4. The van der Waals surface area contributed by atoms with Gasteiger partial charge in [-0.3, -0.25) is 14.9 Å². The fraction of sp³-hybridized carbons (Fsp3) is 0.278. The molecule has 3 aromatic rings. The van der Waals surface area contributed by atoms with E-state index < -0.39 is 10.9 Å². The number of fused-ring (bicyclic) bond motifs is 1. The second-order valence-corrected chi connectivity index (χ2v) is 7.20. The lowest BCUT2D eigenvalue weighted by molar-refractivity contribution is -0.384. The number of aromatic nitrogens is 2. The monoisotopic (exact) mass is 416 g/mol. The number of aromatic amines is 1. The van der Waals surface area contributed by atoms with E-state index in [1.807, 2.05) is 4.90 Å². The van der Waals surface area contributed by atoms with Crippen molar-refractivity contribution in [3.8, 4) is 0 Å². The highest BCUT2D eigenvalue weighted by Crippen LogP contribution is 2.27. The van der Waals surface area contributed by atoms with Gasteiger partial charge in [-0.2, -0.15) is 0 Å². The molecule has 1 saturated heterocycles. The number of nitro groups is 1. The summed E-state index contributed by atoms with van der Waals surface area (Å²) in [6.07, 6.45) is 0. The van der Waals surface area contributed by atoms with Gasteiger partial charge in [-0.1, -0.05) is 0 Å². The van der Waals surface area contributed by atoms with Gasteiger partial charge in [0.05, 0.1) is 34.9 Å². The minimum atomic E-state index is -0.733. The zero-order valence-electron chi connectivity index (χ0n) is 15.1. The molecule has 0 bridgehead atoms. The molecule has 0 unspecified atom stereocenters. The Morgan fingerprint density at radius 2 is 2.14 bits per heavy atom. The molecule has 0 spiro atoms. The molecule has 150 valence electrons. The van der Waals surface area contributed by atoms with Crippen LogP contribution in [0, 0.1) is 10.1 Å². The first-order valence-corrected chi connectivity index (χ1v) is 9.65. The molecule has 0 atom stereocenters. The number of nitrogens with one attached hydrogen (secondary N) is 1. The summed E-state index contributed by atoms with van der Waals surface area (Å²) in [7, 11) is 0. The second-order valence-electron chi connectivity index (χ2n) is 6.28. The maximum atomic E-state index is 12.7. The molecular formula is C18H16N4O6S. The average Bonchev–Trinajstić information content (AvgIpc) is 3.21. The van der Waals surface area contributed by atoms with E-state index in [1.165, 1.54) is 29.5 Å². The number of anilines is 1. The van der Waals surface area contributed by atoms with Crippen LogP contribution < -0.4 is 10.5 Å². The molecule has 0 amide bonds. The summed E-state index contributed by atoms with van der Waals surface area (Å²) in [5.41, 5.74) is 0.633. The van der Waals surface area contributed by atoms with Gasteiger partial charge >= 0.3 is 5.97 Å². The summed E-state index contributed by atoms with van der Waals surface area (Å²) in [6.45, 7) is 1.85. The number of carbonyl (C=O) groups is 1. The first kappa shape index (κ1) is 19.0. The summed E-state index contributed by atoms with van der Waals surface area (Å²) < 4.78 is 11.1. The van der Waals surface area contributed by atoms with E-state index in [0.29, 0.717) is 42.2 Å². The summed E-state index contributed by atoms with van der Waals surface area (Å²) in [5.74, 6) is -0.532. The molecule has 4 rings (SSSR count). The number of rotatable bonds is 5. The van der Waals surface area contributed by atoms with Crippen molar-refractivity contribution >= 4 is 38.9 Å². The van der Waals surface area contributed by atoms with Crippen LogP contribution in [-0.4, -0.2) is 47.2 Å². The number of nitrogens with zero attached hydrogens (tertiary/aromatic N) is 3. The van der Waals surface area contributed by atoms with E-state index in [4.69, 9.17) is 9.47 Å². The van der Waals surface area contributed by atoms with Crippen molar-refractivity contribution in [2.24, 2.45) is 0 Å². The molecule has 1 aliphatic rings. The molecule has 1 fully saturated rings. The third-order valence-corrected chi connectivity index (χ3v) is 5.37. The molecule has 1 aliphatic heterocycles. The van der Waals surface area contributed by atoms with Crippen LogP contribution in [0.2, 0.25) is 0 Å². The molecule has 3 heterocycles. The average molecular weight is 416 g/mol. The number of nitro benzene ring substituents is 1. The van der Waals surface area contributed by atoms with Crippen LogP contribution >= 0.6 is 11.3 Å². The summed E-state index contributed by atoms with van der Waals surface area (Å²) in [5, 5.41) is 12.9. The maximum Gasteiger partial charge on any atom is 0.340 e. The van der Waals surface area contributed by atoms with Gasteiger partial charge in [-0.05, 0) is 17.5 Å². The smallest absolute Gasteiger partial charge is 0.340 e. The quantitative estimate of drug-likeness (QED) is 0.380. The Kier molecular flexibility index (Phi) is 5.23. The first-order valence-electron chi connectivity index (χ1n) is 8.77. The Balaban J connectivity index is 1.59. The normalized spacial score (nSPS) is 14.1. The number of benzene rings is 1. The third kappa shape index (κ3) is 3.96. The summed E-state index contributed by atoms with van der Waals surface area (Å²) >= 11 is 1.27. The number of hydrogen-bond donors (Lipinski definition) is 1. The second kappa shape index (κ2) is 7.97. The number of hydrogen-bond acceptors (Lipinski definition) is 9. The molecule has 10 nitrogen and oxygen atoms in total. The lowest BCUT2D eigenvalue weighted by Gasteiger charge is -2.30. The van der Waals surface area contributed by atoms with Crippen LogP contribution in [0.15, 0.2) is 34.4 Å². The number of esters is 1.